The summed E-state index contributed by atoms with van der Waals surface area (Å²) in [5.41, 5.74) is 0. The number of nitrogens with zero attached hydrogens (tertiary/aromatic N) is 1. The first-order valence-electron chi connectivity index (χ1n) is 4.50. The first-order valence-corrected chi connectivity index (χ1v) is 4.50. The molecule has 2 nitrogen and oxygen atoms in total. The molecule has 1 rings (SSSR count). The highest BCUT2D eigenvalue weighted by Crippen LogP contribution is 2.30. The van der Waals surface area contributed by atoms with Crippen molar-refractivity contribution in [2.24, 2.45) is 17.0 Å². The third-order valence-electron chi connectivity index (χ3n) is 2.78. The van der Waals surface area contributed by atoms with Gasteiger partial charge in [0.1, 0.15) is 0 Å². The van der Waals surface area contributed by atoms with Gasteiger partial charge >= 0.3 is 0 Å². The van der Waals surface area contributed by atoms with Crippen molar-refractivity contribution in [3.8, 4) is 0 Å². The fourth-order valence-electron chi connectivity index (χ4n) is 1.93. The van der Waals surface area contributed by atoms with E-state index in [1.54, 1.807) is 6.21 Å². The fraction of sp³-hybridized carbons (Fsp3) is 0.889. The summed E-state index contributed by atoms with van der Waals surface area (Å²) < 4.78 is 0. The maximum atomic E-state index is 8.25. The summed E-state index contributed by atoms with van der Waals surface area (Å²) in [7, 11) is 0. The predicted molar refractivity (Wildman–Crippen MR) is 46.0 cm³/mol. The molecule has 1 fully saturated rings. The van der Waals surface area contributed by atoms with Gasteiger partial charge in [-0.2, -0.15) is 0 Å². The van der Waals surface area contributed by atoms with Gasteiger partial charge in [-0.3, -0.25) is 0 Å². The quantitative estimate of drug-likeness (QED) is 0.371. The molecule has 1 saturated carbocycles. The van der Waals surface area contributed by atoms with Crippen molar-refractivity contribution in [3.63, 3.8) is 0 Å². The molecule has 0 saturated heterocycles. The number of hydrogen-bond acceptors (Lipinski definition) is 2. The summed E-state index contributed by atoms with van der Waals surface area (Å²) in [5, 5.41) is 11.3. The van der Waals surface area contributed by atoms with E-state index in [0.717, 1.165) is 18.3 Å². The van der Waals surface area contributed by atoms with Crippen LogP contribution in [0.3, 0.4) is 0 Å². The van der Waals surface area contributed by atoms with E-state index in [0.29, 0.717) is 0 Å². The molecular weight excluding hydrogens is 138 g/mol. The fourth-order valence-corrected chi connectivity index (χ4v) is 1.93. The Bertz CT molecular complexity index is 134. The maximum absolute atomic E-state index is 8.25. The maximum Gasteiger partial charge on any atom is 0.0438 e. The lowest BCUT2D eigenvalue weighted by molar-refractivity contribution is 0.261. The predicted octanol–water partition coefficient (Wildman–Crippen LogP) is 2.66. The second-order valence-corrected chi connectivity index (χ2v) is 3.56. The molecule has 2 heteroatoms. The van der Waals surface area contributed by atoms with E-state index in [2.05, 4.69) is 12.1 Å². The lowest BCUT2D eigenvalue weighted by Gasteiger charge is -2.27. The molecule has 0 heterocycles. The number of hydrogen-bond donors (Lipinski definition) is 1. The third-order valence-corrected chi connectivity index (χ3v) is 2.78. The van der Waals surface area contributed by atoms with Gasteiger partial charge in [0.2, 0.25) is 0 Å². The van der Waals surface area contributed by atoms with Gasteiger partial charge < -0.3 is 5.21 Å². The Morgan fingerprint density at radius 1 is 1.45 bits per heavy atom. The van der Waals surface area contributed by atoms with Crippen LogP contribution in [0.1, 0.15) is 39.0 Å². The molecule has 1 aliphatic carbocycles. The van der Waals surface area contributed by atoms with Gasteiger partial charge in [0.25, 0.3) is 0 Å². The van der Waals surface area contributed by atoms with E-state index in [9.17, 15) is 0 Å². The molecule has 11 heavy (non-hydrogen) atoms. The standard InChI is InChI=1S/C9H17NO/c1-8-4-2-3-5-9(8)6-7-10-11/h7-9,11H,2-6H2,1H3. The second kappa shape index (κ2) is 4.37. The first kappa shape index (κ1) is 8.57. The molecule has 0 aromatic carbocycles. The lowest BCUT2D eigenvalue weighted by atomic mass is 9.79. The van der Waals surface area contributed by atoms with Gasteiger partial charge in [0.15, 0.2) is 0 Å². The minimum Gasteiger partial charge on any atom is -0.411 e. The molecule has 0 bridgehead atoms. The van der Waals surface area contributed by atoms with E-state index in [1.165, 1.54) is 25.7 Å². The zero-order valence-corrected chi connectivity index (χ0v) is 7.16. The highest BCUT2D eigenvalue weighted by Gasteiger charge is 2.19. The van der Waals surface area contributed by atoms with Crippen LogP contribution in [0.15, 0.2) is 5.16 Å². The van der Waals surface area contributed by atoms with Gasteiger partial charge in [0, 0.05) is 6.21 Å². The lowest BCUT2D eigenvalue weighted by Crippen LogP contribution is -2.16. The van der Waals surface area contributed by atoms with Gasteiger partial charge in [0.05, 0.1) is 0 Å². The highest BCUT2D eigenvalue weighted by atomic mass is 16.4. The van der Waals surface area contributed by atoms with Gasteiger partial charge in [-0.05, 0) is 24.7 Å². The Morgan fingerprint density at radius 3 is 2.82 bits per heavy atom. The molecule has 2 atom stereocenters. The van der Waals surface area contributed by atoms with Gasteiger partial charge in [-0.1, -0.05) is 26.2 Å². The molecule has 0 radical (unpaired) electrons. The molecule has 1 N–H and O–H groups in total. The molecule has 0 aliphatic heterocycles. The Morgan fingerprint density at radius 2 is 2.18 bits per heavy atom. The molecule has 1 aliphatic rings. The molecule has 0 spiro atoms. The Kier molecular flexibility index (Phi) is 3.40. The molecule has 0 amide bonds. The van der Waals surface area contributed by atoms with Gasteiger partial charge in [-0.25, -0.2) is 0 Å². The van der Waals surface area contributed by atoms with Crippen LogP contribution in [-0.2, 0) is 0 Å². The van der Waals surface area contributed by atoms with E-state index in [1.807, 2.05) is 0 Å². The SMILES string of the molecule is CC1CCCCC1CC=NO. The van der Waals surface area contributed by atoms with E-state index < -0.39 is 0 Å². The van der Waals surface area contributed by atoms with E-state index >= 15 is 0 Å². The van der Waals surface area contributed by atoms with Crippen LogP contribution >= 0.6 is 0 Å². The Labute approximate surface area is 68.3 Å². The second-order valence-electron chi connectivity index (χ2n) is 3.56. The highest BCUT2D eigenvalue weighted by molar-refractivity contribution is 5.56. The van der Waals surface area contributed by atoms with Crippen LogP contribution in [0.5, 0.6) is 0 Å². The van der Waals surface area contributed by atoms with Crippen LogP contribution in [0.25, 0.3) is 0 Å². The summed E-state index contributed by atoms with van der Waals surface area (Å²) in [6.45, 7) is 2.30. The van der Waals surface area contributed by atoms with Crippen molar-refractivity contribution in [1.82, 2.24) is 0 Å². The Balaban J connectivity index is 2.29. The van der Waals surface area contributed by atoms with Crippen molar-refractivity contribution in [2.45, 2.75) is 39.0 Å². The molecule has 0 aromatic rings. The third kappa shape index (κ3) is 2.52. The summed E-state index contributed by atoms with van der Waals surface area (Å²) in [6, 6.07) is 0. The van der Waals surface area contributed by atoms with Crippen molar-refractivity contribution in [3.05, 3.63) is 0 Å². The van der Waals surface area contributed by atoms with Crippen LogP contribution in [0, 0.1) is 11.8 Å². The van der Waals surface area contributed by atoms with Crippen molar-refractivity contribution in [1.29, 1.82) is 0 Å². The van der Waals surface area contributed by atoms with E-state index in [-0.39, 0.29) is 0 Å². The summed E-state index contributed by atoms with van der Waals surface area (Å²) in [4.78, 5) is 0. The molecule has 64 valence electrons. The monoisotopic (exact) mass is 155 g/mol. The molecule has 2 unspecified atom stereocenters. The molecular formula is C9H17NO. The minimum atomic E-state index is 0.764. The number of oxime groups is 1. The Hall–Kier alpha value is -0.530. The van der Waals surface area contributed by atoms with Crippen LogP contribution < -0.4 is 0 Å². The average molecular weight is 155 g/mol. The number of rotatable bonds is 2. The summed E-state index contributed by atoms with van der Waals surface area (Å²) in [6.07, 6.45) is 7.99. The van der Waals surface area contributed by atoms with Crippen molar-refractivity contribution in [2.75, 3.05) is 0 Å². The minimum absolute atomic E-state index is 0.764. The van der Waals surface area contributed by atoms with Crippen LogP contribution in [0.4, 0.5) is 0 Å². The molecule has 0 aromatic heterocycles. The largest absolute Gasteiger partial charge is 0.411 e. The summed E-state index contributed by atoms with van der Waals surface area (Å²) in [5.74, 6) is 1.58. The topological polar surface area (TPSA) is 32.6 Å². The average Bonchev–Trinajstić information content (AvgIpc) is 2.03. The van der Waals surface area contributed by atoms with E-state index in [4.69, 9.17) is 5.21 Å². The summed E-state index contributed by atoms with van der Waals surface area (Å²) >= 11 is 0. The van der Waals surface area contributed by atoms with Crippen molar-refractivity contribution >= 4 is 6.21 Å². The zero-order chi connectivity index (χ0) is 8.10. The van der Waals surface area contributed by atoms with Crippen LogP contribution in [-0.4, -0.2) is 11.4 Å². The first-order chi connectivity index (χ1) is 5.34. The van der Waals surface area contributed by atoms with Crippen LogP contribution in [0.2, 0.25) is 0 Å². The zero-order valence-electron chi connectivity index (χ0n) is 7.16. The smallest absolute Gasteiger partial charge is 0.0438 e. The van der Waals surface area contributed by atoms with Gasteiger partial charge in [-0.15, -0.1) is 5.16 Å². The normalized spacial score (nSPS) is 32.8. The van der Waals surface area contributed by atoms with Crippen molar-refractivity contribution < 1.29 is 5.21 Å².